The minimum Gasteiger partial charge on any atom is -0.549 e. The molecule has 26 heavy (non-hydrogen) atoms. The number of hydrogen-bond donors (Lipinski definition) is 2. The van der Waals surface area contributed by atoms with Crippen LogP contribution in [-0.2, 0) is 10.2 Å². The zero-order valence-electron chi connectivity index (χ0n) is 14.9. The third-order valence-electron chi connectivity index (χ3n) is 4.31. The fourth-order valence-corrected chi connectivity index (χ4v) is 2.53. The number of carbonyl (C=O) groups excluding carboxylic acids is 1. The van der Waals surface area contributed by atoms with Crippen LogP contribution in [0.5, 0.6) is 0 Å². The summed E-state index contributed by atoms with van der Waals surface area (Å²) in [5.74, 6) is -1.16. The minimum absolute atomic E-state index is 0. The first-order chi connectivity index (χ1) is 11.9. The Hall–Kier alpha value is -1.99. The average Bonchev–Trinajstić information content (AvgIpc) is 3.16. The molecular weight excluding hydrogens is 341 g/mol. The van der Waals surface area contributed by atoms with Gasteiger partial charge >= 0.3 is 29.6 Å². The number of aliphatic hydroxyl groups excluding tert-OH is 1. The molecule has 0 radical (unpaired) electrons. The van der Waals surface area contributed by atoms with Gasteiger partial charge in [-0.05, 0) is 23.3 Å². The largest absolute Gasteiger partial charge is 1.00 e. The van der Waals surface area contributed by atoms with Crippen molar-refractivity contribution in [1.82, 2.24) is 15.2 Å². The zero-order valence-corrected chi connectivity index (χ0v) is 16.9. The zero-order chi connectivity index (χ0) is 18.0. The Bertz CT molecular complexity index is 877. The van der Waals surface area contributed by atoms with E-state index < -0.39 is 17.5 Å². The van der Waals surface area contributed by atoms with Crippen LogP contribution in [0, 0.1) is 0 Å². The molecule has 0 amide bonds. The molecular formula is C19H18N3NaO3. The number of aromatic amines is 1. The summed E-state index contributed by atoms with van der Waals surface area (Å²) in [6, 6.07) is 12.3. The fourth-order valence-electron chi connectivity index (χ4n) is 2.53. The van der Waals surface area contributed by atoms with Crippen LogP contribution in [0.4, 0.5) is 0 Å². The summed E-state index contributed by atoms with van der Waals surface area (Å²) in [5, 5.41) is 28.7. The van der Waals surface area contributed by atoms with Gasteiger partial charge in [-0.15, -0.1) is 0 Å². The number of aromatic nitrogens is 3. The van der Waals surface area contributed by atoms with E-state index >= 15 is 0 Å². The van der Waals surface area contributed by atoms with Gasteiger partial charge in [-0.2, -0.15) is 5.10 Å². The van der Waals surface area contributed by atoms with E-state index in [0.29, 0.717) is 16.7 Å². The maximum Gasteiger partial charge on any atom is 1.00 e. The molecule has 1 aromatic carbocycles. The third kappa shape index (κ3) is 4.04. The van der Waals surface area contributed by atoms with Gasteiger partial charge in [0.2, 0.25) is 0 Å². The molecule has 3 rings (SSSR count). The van der Waals surface area contributed by atoms with Crippen molar-refractivity contribution in [2.24, 2.45) is 0 Å². The van der Waals surface area contributed by atoms with Crippen LogP contribution in [0.25, 0.3) is 11.4 Å². The second-order valence-electron chi connectivity index (χ2n) is 6.39. The summed E-state index contributed by atoms with van der Waals surface area (Å²) in [7, 11) is 0. The molecule has 7 heteroatoms. The van der Waals surface area contributed by atoms with Crippen LogP contribution < -0.4 is 34.7 Å². The second-order valence-corrected chi connectivity index (χ2v) is 6.39. The molecule has 6 nitrogen and oxygen atoms in total. The number of aliphatic carboxylic acids is 1. The van der Waals surface area contributed by atoms with Crippen LogP contribution in [0.2, 0.25) is 0 Å². The molecule has 3 aromatic rings. The molecule has 1 atom stereocenters. The van der Waals surface area contributed by atoms with Crippen LogP contribution in [0.15, 0.2) is 54.9 Å². The van der Waals surface area contributed by atoms with Gasteiger partial charge in [-0.3, -0.25) is 10.1 Å². The number of benzene rings is 1. The number of hydrogen-bond acceptors (Lipinski definition) is 5. The van der Waals surface area contributed by atoms with E-state index in [0.717, 1.165) is 11.4 Å². The number of H-pyrrole nitrogens is 1. The normalized spacial score (nSPS) is 12.3. The van der Waals surface area contributed by atoms with Crippen molar-refractivity contribution in [2.75, 3.05) is 0 Å². The van der Waals surface area contributed by atoms with Crippen LogP contribution in [0.3, 0.4) is 0 Å². The van der Waals surface area contributed by atoms with Gasteiger partial charge in [0, 0.05) is 23.4 Å². The molecule has 0 saturated heterocycles. The number of carbonyl (C=O) groups is 1. The van der Waals surface area contributed by atoms with Crippen LogP contribution in [0.1, 0.15) is 36.6 Å². The Labute approximate surface area is 173 Å². The molecule has 0 spiro atoms. The standard InChI is InChI=1S/C19H19N3O3.Na/c1-19(2,18(24)25)14-5-3-4-12(10-14)17(23)13-6-7-15(20-11-13)16-8-9-21-22-16;/h3-11,17,23H,1-2H3,(H,21,22)(H,24,25);/q;+1/p-1. The Morgan fingerprint density at radius 2 is 1.96 bits per heavy atom. The molecule has 1 unspecified atom stereocenters. The van der Waals surface area contributed by atoms with Gasteiger partial charge in [0.15, 0.2) is 0 Å². The van der Waals surface area contributed by atoms with E-state index in [2.05, 4.69) is 15.2 Å². The monoisotopic (exact) mass is 359 g/mol. The molecule has 0 bridgehead atoms. The van der Waals surface area contributed by atoms with E-state index in [1.807, 2.05) is 6.07 Å². The number of pyridine rings is 1. The quantitative estimate of drug-likeness (QED) is 0.545. The van der Waals surface area contributed by atoms with Crippen LogP contribution in [-0.4, -0.2) is 26.3 Å². The van der Waals surface area contributed by atoms with Crippen LogP contribution >= 0.6 is 0 Å². The number of nitrogens with one attached hydrogen (secondary N) is 1. The Kier molecular flexibility index (Phi) is 6.36. The van der Waals surface area contributed by atoms with Gasteiger partial charge in [0.1, 0.15) is 6.10 Å². The average molecular weight is 359 g/mol. The number of carboxylic acid groups (broad SMARTS) is 1. The smallest absolute Gasteiger partial charge is 0.549 e. The van der Waals surface area contributed by atoms with Crippen molar-refractivity contribution in [2.45, 2.75) is 25.4 Å². The van der Waals surface area contributed by atoms with Crippen molar-refractivity contribution < 1.29 is 44.6 Å². The first-order valence-corrected chi connectivity index (χ1v) is 7.85. The summed E-state index contributed by atoms with van der Waals surface area (Å²) >= 11 is 0. The predicted octanol–water partition coefficient (Wildman–Crippen LogP) is -1.42. The Balaban J connectivity index is 0.00000243. The molecule has 2 aromatic heterocycles. The molecule has 0 fully saturated rings. The summed E-state index contributed by atoms with van der Waals surface area (Å²) in [5.41, 5.74) is 2.16. The predicted molar refractivity (Wildman–Crippen MR) is 90.4 cm³/mol. The molecule has 0 aliphatic rings. The van der Waals surface area contributed by atoms with Crippen molar-refractivity contribution in [1.29, 1.82) is 0 Å². The van der Waals surface area contributed by atoms with E-state index in [1.165, 1.54) is 0 Å². The van der Waals surface area contributed by atoms with Crippen molar-refractivity contribution in [3.8, 4) is 11.4 Å². The molecule has 2 heterocycles. The molecule has 0 saturated carbocycles. The number of aliphatic hydroxyl groups is 1. The fraction of sp³-hybridized carbons (Fsp3) is 0.211. The summed E-state index contributed by atoms with van der Waals surface area (Å²) in [6.07, 6.45) is 2.34. The SMILES string of the molecule is CC(C)(C(=O)[O-])c1cccc(C(O)c2ccc(-c3ccn[nH]3)nc2)c1.[Na+]. The summed E-state index contributed by atoms with van der Waals surface area (Å²) in [4.78, 5) is 15.7. The maximum absolute atomic E-state index is 11.3. The second kappa shape index (κ2) is 8.14. The minimum atomic E-state index is -1.16. The van der Waals surface area contributed by atoms with E-state index in [1.54, 1.807) is 62.6 Å². The molecule has 0 aliphatic heterocycles. The van der Waals surface area contributed by atoms with Gasteiger partial charge in [0.05, 0.1) is 17.4 Å². The van der Waals surface area contributed by atoms with Crippen molar-refractivity contribution in [3.63, 3.8) is 0 Å². The van der Waals surface area contributed by atoms with Crippen molar-refractivity contribution >= 4 is 5.97 Å². The number of rotatable bonds is 5. The topological polar surface area (TPSA) is 102 Å². The molecule has 0 aliphatic carbocycles. The summed E-state index contributed by atoms with van der Waals surface area (Å²) < 4.78 is 0. The molecule has 128 valence electrons. The van der Waals surface area contributed by atoms with Crippen molar-refractivity contribution in [3.05, 3.63) is 71.5 Å². The summed E-state index contributed by atoms with van der Waals surface area (Å²) in [6.45, 7) is 3.16. The van der Waals surface area contributed by atoms with Gasteiger partial charge in [-0.1, -0.05) is 44.2 Å². The first kappa shape index (κ1) is 20.3. The van der Waals surface area contributed by atoms with E-state index in [4.69, 9.17) is 0 Å². The van der Waals surface area contributed by atoms with E-state index in [-0.39, 0.29) is 29.6 Å². The Morgan fingerprint density at radius 3 is 2.54 bits per heavy atom. The number of carboxylic acids is 1. The number of nitrogens with zero attached hydrogens (tertiary/aromatic N) is 2. The third-order valence-corrected chi connectivity index (χ3v) is 4.31. The maximum atomic E-state index is 11.3. The molecule has 2 N–H and O–H groups in total. The van der Waals surface area contributed by atoms with E-state index in [9.17, 15) is 15.0 Å². The van der Waals surface area contributed by atoms with Gasteiger partial charge in [-0.25, -0.2) is 0 Å². The van der Waals surface area contributed by atoms with Gasteiger partial charge < -0.3 is 15.0 Å². The first-order valence-electron chi connectivity index (χ1n) is 7.85. The van der Waals surface area contributed by atoms with Gasteiger partial charge in [0.25, 0.3) is 0 Å². The Morgan fingerprint density at radius 1 is 1.19 bits per heavy atom.